The van der Waals surface area contributed by atoms with Crippen molar-refractivity contribution in [2.75, 3.05) is 24.2 Å². The molecule has 4 heteroatoms. The Morgan fingerprint density at radius 1 is 1.47 bits per heavy atom. The second kappa shape index (κ2) is 5.38. The Kier molecular flexibility index (Phi) is 3.86. The van der Waals surface area contributed by atoms with Gasteiger partial charge in [0.25, 0.3) is 0 Å². The molecule has 2 rings (SSSR count). The standard InChI is InChI=1S/C13H21N3O/c1-9-11(7-14)12(15)4-5-13(9)16-8-10-3-2-6-17-10/h4-5,10,16H,2-3,6-8,14-15H2,1H3. The van der Waals surface area contributed by atoms with Gasteiger partial charge in [0.1, 0.15) is 0 Å². The predicted octanol–water partition coefficient (Wildman–Crippen LogP) is 1.63. The maximum atomic E-state index is 5.89. The molecule has 5 N–H and O–H groups in total. The first kappa shape index (κ1) is 12.2. The zero-order valence-corrected chi connectivity index (χ0v) is 10.3. The van der Waals surface area contributed by atoms with Crippen LogP contribution in [0, 0.1) is 6.92 Å². The highest BCUT2D eigenvalue weighted by Crippen LogP contribution is 2.24. The van der Waals surface area contributed by atoms with Crippen molar-refractivity contribution in [1.29, 1.82) is 0 Å². The first-order valence-corrected chi connectivity index (χ1v) is 6.16. The number of anilines is 2. The normalized spacial score (nSPS) is 19.5. The lowest BCUT2D eigenvalue weighted by Crippen LogP contribution is -2.19. The molecular weight excluding hydrogens is 214 g/mol. The summed E-state index contributed by atoms with van der Waals surface area (Å²) in [6, 6.07) is 3.92. The number of hydrogen-bond donors (Lipinski definition) is 3. The van der Waals surface area contributed by atoms with Gasteiger partial charge in [-0.3, -0.25) is 0 Å². The van der Waals surface area contributed by atoms with Crippen LogP contribution in [0.25, 0.3) is 0 Å². The molecule has 1 unspecified atom stereocenters. The molecule has 1 saturated heterocycles. The average Bonchev–Trinajstić information content (AvgIpc) is 2.82. The van der Waals surface area contributed by atoms with E-state index in [1.807, 2.05) is 12.1 Å². The smallest absolute Gasteiger partial charge is 0.0748 e. The summed E-state index contributed by atoms with van der Waals surface area (Å²) in [6.07, 6.45) is 2.65. The van der Waals surface area contributed by atoms with Crippen LogP contribution < -0.4 is 16.8 Å². The minimum absolute atomic E-state index is 0.341. The SMILES string of the molecule is Cc1c(NCC2CCCO2)ccc(N)c1CN. The minimum atomic E-state index is 0.341. The van der Waals surface area contributed by atoms with E-state index in [1.54, 1.807) is 0 Å². The van der Waals surface area contributed by atoms with Crippen molar-refractivity contribution >= 4 is 11.4 Å². The van der Waals surface area contributed by atoms with Crippen molar-refractivity contribution in [3.8, 4) is 0 Å². The number of benzene rings is 1. The molecule has 0 radical (unpaired) electrons. The molecule has 0 bridgehead atoms. The van der Waals surface area contributed by atoms with Crippen LogP contribution in [0.15, 0.2) is 12.1 Å². The van der Waals surface area contributed by atoms with Crippen molar-refractivity contribution in [2.45, 2.75) is 32.4 Å². The number of hydrogen-bond acceptors (Lipinski definition) is 4. The van der Waals surface area contributed by atoms with Crippen molar-refractivity contribution < 1.29 is 4.74 Å². The highest BCUT2D eigenvalue weighted by atomic mass is 16.5. The van der Waals surface area contributed by atoms with Gasteiger partial charge in [-0.15, -0.1) is 0 Å². The molecule has 4 nitrogen and oxygen atoms in total. The molecule has 0 aromatic heterocycles. The van der Waals surface area contributed by atoms with Gasteiger partial charge in [-0.25, -0.2) is 0 Å². The van der Waals surface area contributed by atoms with E-state index in [2.05, 4.69) is 12.2 Å². The quantitative estimate of drug-likeness (QED) is 0.693. The van der Waals surface area contributed by atoms with Gasteiger partial charge in [0.2, 0.25) is 0 Å². The Bertz CT molecular complexity index is 386. The average molecular weight is 235 g/mol. The van der Waals surface area contributed by atoms with Crippen molar-refractivity contribution in [3.05, 3.63) is 23.3 Å². The number of ether oxygens (including phenoxy) is 1. The molecular formula is C13H21N3O. The maximum absolute atomic E-state index is 5.89. The lowest BCUT2D eigenvalue weighted by Gasteiger charge is -2.16. The van der Waals surface area contributed by atoms with Gasteiger partial charge in [-0.2, -0.15) is 0 Å². The van der Waals surface area contributed by atoms with Crippen molar-refractivity contribution in [3.63, 3.8) is 0 Å². The molecule has 94 valence electrons. The van der Waals surface area contributed by atoms with Crippen LogP contribution in [0.3, 0.4) is 0 Å². The van der Waals surface area contributed by atoms with E-state index >= 15 is 0 Å². The van der Waals surface area contributed by atoms with Crippen molar-refractivity contribution in [2.24, 2.45) is 5.73 Å². The highest BCUT2D eigenvalue weighted by Gasteiger charge is 2.15. The first-order chi connectivity index (χ1) is 8.22. The van der Waals surface area contributed by atoms with Crippen LogP contribution in [-0.4, -0.2) is 19.3 Å². The second-order valence-electron chi connectivity index (χ2n) is 4.53. The van der Waals surface area contributed by atoms with Crippen molar-refractivity contribution in [1.82, 2.24) is 0 Å². The number of nitrogens with one attached hydrogen (secondary N) is 1. The second-order valence-corrected chi connectivity index (χ2v) is 4.53. The Labute approximate surface area is 102 Å². The Morgan fingerprint density at radius 2 is 2.29 bits per heavy atom. The number of nitrogens with two attached hydrogens (primary N) is 2. The first-order valence-electron chi connectivity index (χ1n) is 6.16. The highest BCUT2D eigenvalue weighted by molar-refractivity contribution is 5.63. The summed E-state index contributed by atoms with van der Waals surface area (Å²) in [5.74, 6) is 0. The van der Waals surface area contributed by atoms with Crippen LogP contribution in [0.2, 0.25) is 0 Å². The fourth-order valence-corrected chi connectivity index (χ4v) is 2.27. The fourth-order valence-electron chi connectivity index (χ4n) is 2.27. The summed E-state index contributed by atoms with van der Waals surface area (Å²) < 4.78 is 5.58. The Hall–Kier alpha value is -1.26. The summed E-state index contributed by atoms with van der Waals surface area (Å²) in [7, 11) is 0. The molecule has 1 aromatic carbocycles. The Morgan fingerprint density at radius 3 is 2.94 bits per heavy atom. The van der Waals surface area contributed by atoms with Gasteiger partial charge in [-0.05, 0) is 43.0 Å². The van der Waals surface area contributed by atoms with Crippen LogP contribution in [0.5, 0.6) is 0 Å². The molecule has 17 heavy (non-hydrogen) atoms. The van der Waals surface area contributed by atoms with Gasteiger partial charge in [0.15, 0.2) is 0 Å². The monoisotopic (exact) mass is 235 g/mol. The van der Waals surface area contributed by atoms with Crippen LogP contribution in [0.4, 0.5) is 11.4 Å². The van der Waals surface area contributed by atoms with Crippen LogP contribution in [0.1, 0.15) is 24.0 Å². The van der Waals surface area contributed by atoms with E-state index in [0.717, 1.165) is 42.1 Å². The van der Waals surface area contributed by atoms with E-state index in [4.69, 9.17) is 16.2 Å². The largest absolute Gasteiger partial charge is 0.398 e. The van der Waals surface area contributed by atoms with Gasteiger partial charge >= 0.3 is 0 Å². The third-order valence-electron chi connectivity index (χ3n) is 3.38. The van der Waals surface area contributed by atoms with E-state index < -0.39 is 0 Å². The number of nitrogen functional groups attached to an aromatic ring is 1. The zero-order chi connectivity index (χ0) is 12.3. The maximum Gasteiger partial charge on any atom is 0.0748 e. The summed E-state index contributed by atoms with van der Waals surface area (Å²) in [5.41, 5.74) is 15.6. The lowest BCUT2D eigenvalue weighted by molar-refractivity contribution is 0.120. The zero-order valence-electron chi connectivity index (χ0n) is 10.3. The third kappa shape index (κ3) is 2.70. The van der Waals surface area contributed by atoms with Gasteiger partial charge < -0.3 is 21.5 Å². The van der Waals surface area contributed by atoms with Gasteiger partial charge in [-0.1, -0.05) is 0 Å². The summed E-state index contributed by atoms with van der Waals surface area (Å²) in [6.45, 7) is 4.28. The minimum Gasteiger partial charge on any atom is -0.398 e. The third-order valence-corrected chi connectivity index (χ3v) is 3.38. The number of rotatable bonds is 4. The van der Waals surface area contributed by atoms with E-state index in [0.29, 0.717) is 12.6 Å². The molecule has 1 atom stereocenters. The Balaban J connectivity index is 2.05. The molecule has 1 heterocycles. The van der Waals surface area contributed by atoms with E-state index in [1.165, 1.54) is 6.42 Å². The molecule has 1 aliphatic rings. The predicted molar refractivity (Wildman–Crippen MR) is 70.9 cm³/mol. The topological polar surface area (TPSA) is 73.3 Å². The molecule has 0 saturated carbocycles. The summed E-state index contributed by atoms with van der Waals surface area (Å²) >= 11 is 0. The van der Waals surface area contributed by atoms with Gasteiger partial charge in [0, 0.05) is 31.1 Å². The molecule has 0 spiro atoms. The van der Waals surface area contributed by atoms with E-state index in [-0.39, 0.29) is 0 Å². The molecule has 1 aromatic rings. The summed E-state index contributed by atoms with van der Waals surface area (Å²) in [5, 5.41) is 3.42. The van der Waals surface area contributed by atoms with Crippen LogP contribution in [-0.2, 0) is 11.3 Å². The molecule has 0 aliphatic carbocycles. The lowest BCUT2D eigenvalue weighted by atomic mass is 10.0. The summed E-state index contributed by atoms with van der Waals surface area (Å²) in [4.78, 5) is 0. The van der Waals surface area contributed by atoms with Crippen LogP contribution >= 0.6 is 0 Å². The molecule has 1 fully saturated rings. The van der Waals surface area contributed by atoms with Gasteiger partial charge in [0.05, 0.1) is 6.10 Å². The van der Waals surface area contributed by atoms with E-state index in [9.17, 15) is 0 Å². The fraction of sp³-hybridized carbons (Fsp3) is 0.538. The molecule has 0 amide bonds. The molecule has 1 aliphatic heterocycles.